The Kier molecular flexibility index (Phi) is 6.85. The number of carbonyl (C=O) groups is 2. The molecule has 0 spiro atoms. The van der Waals surface area contributed by atoms with E-state index in [-0.39, 0.29) is 13.2 Å². The van der Waals surface area contributed by atoms with Crippen molar-refractivity contribution in [3.05, 3.63) is 0 Å². The van der Waals surface area contributed by atoms with Crippen LogP contribution in [0.4, 0.5) is 4.79 Å². The summed E-state index contributed by atoms with van der Waals surface area (Å²) in [5.74, 6) is -1.38. The summed E-state index contributed by atoms with van der Waals surface area (Å²) in [5, 5.41) is 10.9. The minimum absolute atomic E-state index is 0.0834. The molecule has 0 aliphatic heterocycles. The molecule has 0 aromatic rings. The van der Waals surface area contributed by atoms with Crippen LogP contribution >= 0.6 is 0 Å². The van der Waals surface area contributed by atoms with Crippen LogP contribution in [0.25, 0.3) is 0 Å². The van der Waals surface area contributed by atoms with E-state index in [1.807, 2.05) is 0 Å². The summed E-state index contributed by atoms with van der Waals surface area (Å²) >= 11 is 0. The molecule has 0 bridgehead atoms. The highest BCUT2D eigenvalue weighted by Crippen LogP contribution is 1.99. The van der Waals surface area contributed by atoms with Crippen LogP contribution in [0, 0.1) is 11.5 Å². The van der Waals surface area contributed by atoms with Gasteiger partial charge in [-0.25, -0.2) is 18.1 Å². The highest BCUT2D eigenvalue weighted by Gasteiger charge is 2.29. The first-order valence-electron chi connectivity index (χ1n) is 5.57. The van der Waals surface area contributed by atoms with Crippen molar-refractivity contribution < 1.29 is 22.7 Å². The SMILES string of the molecule is CCOC(=O)NC(CS(C)(=O)=O)C(=O)N(C#N)CC. The third kappa shape index (κ3) is 6.61. The van der Waals surface area contributed by atoms with Crippen LogP contribution in [0.5, 0.6) is 0 Å². The zero-order valence-electron chi connectivity index (χ0n) is 11.0. The second-order valence-corrected chi connectivity index (χ2v) is 5.88. The summed E-state index contributed by atoms with van der Waals surface area (Å²) in [6, 6.07) is -1.34. The molecule has 0 radical (unpaired) electrons. The van der Waals surface area contributed by atoms with Crippen LogP contribution in [0.3, 0.4) is 0 Å². The standard InChI is InChI=1S/C10H17N3O5S/c1-4-13(7-11)9(14)8(6-19(3,16)17)12-10(15)18-5-2/h8H,4-6H2,1-3H3,(H,12,15). The van der Waals surface area contributed by atoms with Gasteiger partial charge in [-0.15, -0.1) is 0 Å². The first-order chi connectivity index (χ1) is 8.75. The molecule has 0 saturated carbocycles. The molecule has 0 rings (SSSR count). The van der Waals surface area contributed by atoms with E-state index < -0.39 is 33.6 Å². The van der Waals surface area contributed by atoms with E-state index in [2.05, 4.69) is 10.1 Å². The predicted molar refractivity (Wildman–Crippen MR) is 66.7 cm³/mol. The van der Waals surface area contributed by atoms with Crippen molar-refractivity contribution in [1.29, 1.82) is 5.26 Å². The van der Waals surface area contributed by atoms with Gasteiger partial charge in [-0.3, -0.25) is 4.79 Å². The maximum atomic E-state index is 11.9. The molecule has 108 valence electrons. The number of sulfone groups is 1. The van der Waals surface area contributed by atoms with E-state index in [1.54, 1.807) is 20.0 Å². The van der Waals surface area contributed by atoms with Crippen molar-refractivity contribution in [2.24, 2.45) is 0 Å². The number of rotatable bonds is 6. The lowest BCUT2D eigenvalue weighted by Gasteiger charge is -2.20. The van der Waals surface area contributed by atoms with Crippen molar-refractivity contribution >= 4 is 21.8 Å². The molecule has 1 unspecified atom stereocenters. The van der Waals surface area contributed by atoms with E-state index in [9.17, 15) is 18.0 Å². The number of nitrogens with one attached hydrogen (secondary N) is 1. The maximum Gasteiger partial charge on any atom is 0.407 e. The van der Waals surface area contributed by atoms with Gasteiger partial charge < -0.3 is 10.1 Å². The summed E-state index contributed by atoms with van der Waals surface area (Å²) in [4.78, 5) is 23.9. The summed E-state index contributed by atoms with van der Waals surface area (Å²) in [7, 11) is -3.51. The first-order valence-corrected chi connectivity index (χ1v) is 7.63. The summed E-state index contributed by atoms with van der Waals surface area (Å²) in [6.45, 7) is 3.30. The number of carbonyl (C=O) groups excluding carboxylic acids is 2. The minimum Gasteiger partial charge on any atom is -0.450 e. The molecule has 2 amide bonds. The number of nitrogens with zero attached hydrogens (tertiary/aromatic N) is 2. The monoisotopic (exact) mass is 291 g/mol. The molecule has 0 saturated heterocycles. The van der Waals surface area contributed by atoms with Crippen molar-refractivity contribution in [3.63, 3.8) is 0 Å². The number of likely N-dealkylation sites (N-methyl/N-ethyl adjacent to an activating group) is 1. The van der Waals surface area contributed by atoms with Crippen LogP contribution in [-0.4, -0.2) is 56.5 Å². The van der Waals surface area contributed by atoms with E-state index in [4.69, 9.17) is 5.26 Å². The Balaban J connectivity index is 5.01. The minimum atomic E-state index is -3.51. The van der Waals surface area contributed by atoms with E-state index >= 15 is 0 Å². The average Bonchev–Trinajstić information content (AvgIpc) is 2.28. The molecule has 1 atom stereocenters. The van der Waals surface area contributed by atoms with Crippen LogP contribution in [0.2, 0.25) is 0 Å². The highest BCUT2D eigenvalue weighted by atomic mass is 32.2. The predicted octanol–water partition coefficient (Wildman–Crippen LogP) is -0.525. The topological polar surface area (TPSA) is 117 Å². The molecule has 0 aromatic carbocycles. The van der Waals surface area contributed by atoms with Gasteiger partial charge in [0.05, 0.1) is 12.4 Å². The quantitative estimate of drug-likeness (QED) is 0.519. The van der Waals surface area contributed by atoms with Crippen molar-refractivity contribution in [2.75, 3.05) is 25.2 Å². The third-order valence-electron chi connectivity index (χ3n) is 2.04. The zero-order valence-corrected chi connectivity index (χ0v) is 11.9. The van der Waals surface area contributed by atoms with Gasteiger partial charge in [0.2, 0.25) is 0 Å². The average molecular weight is 291 g/mol. The number of hydrogen-bond acceptors (Lipinski definition) is 6. The second kappa shape index (κ2) is 7.58. The molecule has 0 aliphatic rings. The van der Waals surface area contributed by atoms with Crippen LogP contribution in [0.15, 0.2) is 0 Å². The molecule has 19 heavy (non-hydrogen) atoms. The first kappa shape index (κ1) is 17.2. The van der Waals surface area contributed by atoms with Crippen LogP contribution in [0.1, 0.15) is 13.8 Å². The van der Waals surface area contributed by atoms with Crippen LogP contribution in [-0.2, 0) is 19.4 Å². The van der Waals surface area contributed by atoms with Gasteiger partial charge in [0.25, 0.3) is 5.91 Å². The molecular weight excluding hydrogens is 274 g/mol. The van der Waals surface area contributed by atoms with E-state index in [0.29, 0.717) is 0 Å². The molecule has 0 fully saturated rings. The van der Waals surface area contributed by atoms with Gasteiger partial charge >= 0.3 is 6.09 Å². The maximum absolute atomic E-state index is 11.9. The van der Waals surface area contributed by atoms with E-state index in [0.717, 1.165) is 11.2 Å². The fraction of sp³-hybridized carbons (Fsp3) is 0.700. The Morgan fingerprint density at radius 2 is 2.00 bits per heavy atom. The van der Waals surface area contributed by atoms with Crippen LogP contribution < -0.4 is 5.32 Å². The number of alkyl carbamates (subject to hydrolysis) is 1. The van der Waals surface area contributed by atoms with Gasteiger partial charge in [0, 0.05) is 12.8 Å². The Labute approximate surface area is 112 Å². The van der Waals surface area contributed by atoms with Gasteiger partial charge in [0.15, 0.2) is 6.19 Å². The number of amides is 2. The van der Waals surface area contributed by atoms with Gasteiger partial charge in [-0.1, -0.05) is 0 Å². The molecule has 9 heteroatoms. The zero-order chi connectivity index (χ0) is 15.1. The van der Waals surface area contributed by atoms with Crippen molar-refractivity contribution in [1.82, 2.24) is 10.2 Å². The van der Waals surface area contributed by atoms with E-state index in [1.165, 1.54) is 0 Å². The van der Waals surface area contributed by atoms with Gasteiger partial charge in [0.1, 0.15) is 15.9 Å². The Bertz CT molecular complexity index is 468. The molecular formula is C10H17N3O5S. The normalized spacial score (nSPS) is 12.1. The number of ether oxygens (including phenoxy) is 1. The Hall–Kier alpha value is -1.82. The molecule has 0 aliphatic carbocycles. The lowest BCUT2D eigenvalue weighted by molar-refractivity contribution is -0.129. The lowest BCUT2D eigenvalue weighted by Crippen LogP contribution is -2.50. The van der Waals surface area contributed by atoms with Gasteiger partial charge in [-0.2, -0.15) is 5.26 Å². The summed E-state index contributed by atoms with van der Waals surface area (Å²) in [5.41, 5.74) is 0. The smallest absolute Gasteiger partial charge is 0.407 e. The number of nitriles is 1. The third-order valence-corrected chi connectivity index (χ3v) is 2.98. The Morgan fingerprint density at radius 3 is 2.37 bits per heavy atom. The molecule has 0 heterocycles. The molecule has 8 nitrogen and oxygen atoms in total. The van der Waals surface area contributed by atoms with Crippen molar-refractivity contribution in [2.45, 2.75) is 19.9 Å². The van der Waals surface area contributed by atoms with Gasteiger partial charge in [-0.05, 0) is 13.8 Å². The lowest BCUT2D eigenvalue weighted by atomic mass is 10.3. The Morgan fingerprint density at radius 1 is 1.42 bits per heavy atom. The van der Waals surface area contributed by atoms with Crippen molar-refractivity contribution in [3.8, 4) is 6.19 Å². The largest absolute Gasteiger partial charge is 0.450 e. The molecule has 0 aromatic heterocycles. The fourth-order valence-electron chi connectivity index (χ4n) is 1.26. The number of hydrogen-bond donors (Lipinski definition) is 1. The molecule has 1 N–H and O–H groups in total. The fourth-order valence-corrected chi connectivity index (χ4v) is 2.09. The second-order valence-electron chi connectivity index (χ2n) is 3.69. The highest BCUT2D eigenvalue weighted by molar-refractivity contribution is 7.90. The summed E-state index contributed by atoms with van der Waals surface area (Å²) < 4.78 is 27.1. The summed E-state index contributed by atoms with van der Waals surface area (Å²) in [6.07, 6.45) is 1.65.